The highest BCUT2D eigenvalue weighted by Crippen LogP contribution is 2.39. The zero-order chi connectivity index (χ0) is 17.2. The second kappa shape index (κ2) is 6.44. The summed E-state index contributed by atoms with van der Waals surface area (Å²) in [5.74, 6) is -2.94. The first kappa shape index (κ1) is 20.1. The highest BCUT2D eigenvalue weighted by molar-refractivity contribution is 5.74. The Bertz CT molecular complexity index is 339. The molecule has 2 unspecified atom stereocenters. The van der Waals surface area contributed by atoms with Crippen molar-refractivity contribution in [2.75, 3.05) is 0 Å². The van der Waals surface area contributed by atoms with Crippen LogP contribution in [0.25, 0.3) is 0 Å². The van der Waals surface area contributed by atoms with Gasteiger partial charge in [-0.2, -0.15) is 26.3 Å². The van der Waals surface area contributed by atoms with Crippen molar-refractivity contribution in [2.45, 2.75) is 59.5 Å². The van der Waals surface area contributed by atoms with Crippen molar-refractivity contribution in [2.24, 2.45) is 17.3 Å². The molecule has 0 fully saturated rings. The summed E-state index contributed by atoms with van der Waals surface area (Å²) in [7, 11) is 0. The first-order chi connectivity index (χ1) is 9.12. The molecular formula is C13H20F6O2. The molecule has 0 aliphatic heterocycles. The number of carbonyl (C=O) groups excluding carboxylic acids is 1. The lowest BCUT2D eigenvalue weighted by atomic mass is 9.73. The number of esters is 1. The maximum atomic E-state index is 12.4. The van der Waals surface area contributed by atoms with Gasteiger partial charge in [-0.15, -0.1) is 0 Å². The number of hydrogen-bond donors (Lipinski definition) is 0. The van der Waals surface area contributed by atoms with E-state index in [2.05, 4.69) is 4.74 Å². The van der Waals surface area contributed by atoms with E-state index in [1.165, 1.54) is 0 Å². The maximum absolute atomic E-state index is 12.4. The Hall–Kier alpha value is -0.950. The Kier molecular flexibility index (Phi) is 6.15. The zero-order valence-corrected chi connectivity index (χ0v) is 12.5. The number of halogens is 6. The second-order valence-electron chi connectivity index (χ2n) is 6.13. The van der Waals surface area contributed by atoms with Crippen LogP contribution in [0.5, 0.6) is 0 Å². The molecule has 21 heavy (non-hydrogen) atoms. The van der Waals surface area contributed by atoms with Crippen LogP contribution in [0, 0.1) is 17.3 Å². The van der Waals surface area contributed by atoms with Crippen molar-refractivity contribution in [3.05, 3.63) is 0 Å². The van der Waals surface area contributed by atoms with Gasteiger partial charge in [0.1, 0.15) is 0 Å². The van der Waals surface area contributed by atoms with Gasteiger partial charge in [-0.25, -0.2) is 0 Å². The molecule has 0 amide bonds. The van der Waals surface area contributed by atoms with Crippen molar-refractivity contribution in [1.29, 1.82) is 0 Å². The molecule has 0 aliphatic rings. The van der Waals surface area contributed by atoms with Crippen LogP contribution in [0.1, 0.15) is 41.0 Å². The molecule has 0 heterocycles. The van der Waals surface area contributed by atoms with Crippen LogP contribution in [0.15, 0.2) is 0 Å². The molecule has 0 aromatic heterocycles. The van der Waals surface area contributed by atoms with E-state index in [0.717, 1.165) is 0 Å². The quantitative estimate of drug-likeness (QED) is 0.552. The van der Waals surface area contributed by atoms with E-state index >= 15 is 0 Å². The van der Waals surface area contributed by atoms with Gasteiger partial charge in [0.05, 0.1) is 5.92 Å². The Labute approximate surface area is 119 Å². The van der Waals surface area contributed by atoms with E-state index in [-0.39, 0.29) is 0 Å². The minimum Gasteiger partial charge on any atom is -0.443 e. The van der Waals surface area contributed by atoms with Gasteiger partial charge in [-0.1, -0.05) is 41.0 Å². The molecule has 0 radical (unpaired) electrons. The van der Waals surface area contributed by atoms with Gasteiger partial charge in [0.15, 0.2) is 0 Å². The van der Waals surface area contributed by atoms with E-state index in [1.807, 2.05) is 0 Å². The topological polar surface area (TPSA) is 26.3 Å². The van der Waals surface area contributed by atoms with Crippen molar-refractivity contribution >= 4 is 5.97 Å². The summed E-state index contributed by atoms with van der Waals surface area (Å²) in [5, 5.41) is 0. The highest BCUT2D eigenvalue weighted by atomic mass is 19.4. The molecule has 2 nitrogen and oxygen atoms in total. The molecule has 0 saturated carbocycles. The molecule has 0 aromatic carbocycles. The molecule has 0 N–H and O–H groups in total. The normalized spacial score (nSPS) is 16.8. The Morgan fingerprint density at radius 2 is 1.38 bits per heavy atom. The maximum Gasteiger partial charge on any atom is 0.434 e. The lowest BCUT2D eigenvalue weighted by molar-refractivity contribution is -0.315. The Balaban J connectivity index is 5.38. The molecule has 0 spiro atoms. The van der Waals surface area contributed by atoms with Crippen molar-refractivity contribution in [3.63, 3.8) is 0 Å². The third-order valence-corrected chi connectivity index (χ3v) is 3.23. The van der Waals surface area contributed by atoms with Gasteiger partial charge < -0.3 is 4.74 Å². The fourth-order valence-electron chi connectivity index (χ4n) is 2.18. The molecule has 0 saturated heterocycles. The summed E-state index contributed by atoms with van der Waals surface area (Å²) in [6, 6.07) is 0. The average molecular weight is 322 g/mol. The van der Waals surface area contributed by atoms with Crippen molar-refractivity contribution in [1.82, 2.24) is 0 Å². The van der Waals surface area contributed by atoms with Crippen molar-refractivity contribution in [3.8, 4) is 0 Å². The van der Waals surface area contributed by atoms with E-state index < -0.39 is 41.7 Å². The number of carbonyl (C=O) groups is 1. The van der Waals surface area contributed by atoms with Crippen LogP contribution in [0.4, 0.5) is 26.3 Å². The summed E-state index contributed by atoms with van der Waals surface area (Å²) >= 11 is 0. The van der Waals surface area contributed by atoms with Crippen LogP contribution in [-0.4, -0.2) is 24.4 Å². The minimum absolute atomic E-state index is 0.403. The third-order valence-electron chi connectivity index (χ3n) is 3.23. The first-order valence-electron chi connectivity index (χ1n) is 6.46. The van der Waals surface area contributed by atoms with Crippen molar-refractivity contribution < 1.29 is 35.9 Å². The third kappa shape index (κ3) is 5.74. The van der Waals surface area contributed by atoms with E-state index in [1.54, 1.807) is 34.6 Å². The summed E-state index contributed by atoms with van der Waals surface area (Å²) in [6.45, 7) is 8.00. The van der Waals surface area contributed by atoms with Gasteiger partial charge in [0, 0.05) is 0 Å². The summed E-state index contributed by atoms with van der Waals surface area (Å²) in [5.41, 5.74) is -0.811. The lowest BCUT2D eigenvalue weighted by Gasteiger charge is -2.34. The van der Waals surface area contributed by atoms with E-state index in [9.17, 15) is 31.1 Å². The van der Waals surface area contributed by atoms with Crippen LogP contribution in [-0.2, 0) is 9.53 Å². The summed E-state index contributed by atoms with van der Waals surface area (Å²) in [4.78, 5) is 11.9. The summed E-state index contributed by atoms with van der Waals surface area (Å²) in [6.07, 6.45) is -15.0. The average Bonchev–Trinajstić information content (AvgIpc) is 2.20. The second-order valence-corrected chi connectivity index (χ2v) is 6.13. The number of hydrogen-bond acceptors (Lipinski definition) is 2. The van der Waals surface area contributed by atoms with Gasteiger partial charge in [0.2, 0.25) is 0 Å². The van der Waals surface area contributed by atoms with Crippen LogP contribution < -0.4 is 0 Å². The van der Waals surface area contributed by atoms with E-state index in [0.29, 0.717) is 6.42 Å². The molecule has 126 valence electrons. The predicted molar refractivity (Wildman–Crippen MR) is 64.4 cm³/mol. The molecule has 0 rings (SSSR count). The molecule has 0 aliphatic carbocycles. The van der Waals surface area contributed by atoms with Gasteiger partial charge in [-0.3, -0.25) is 4.79 Å². The Morgan fingerprint density at radius 1 is 1.00 bits per heavy atom. The standard InChI is InChI=1S/C13H20F6O2/c1-6-7(2)8(11(3,4)5)9(20)21-10(12(14,15)16)13(17,18)19/h7-8,10H,6H2,1-5H3. The van der Waals surface area contributed by atoms with E-state index in [4.69, 9.17) is 0 Å². The van der Waals surface area contributed by atoms with Crippen LogP contribution in [0.2, 0.25) is 0 Å². The van der Waals surface area contributed by atoms with Crippen LogP contribution in [0.3, 0.4) is 0 Å². The van der Waals surface area contributed by atoms with Gasteiger partial charge >= 0.3 is 18.3 Å². The first-order valence-corrected chi connectivity index (χ1v) is 6.46. The lowest BCUT2D eigenvalue weighted by Crippen LogP contribution is -2.48. The molecule has 8 heteroatoms. The highest BCUT2D eigenvalue weighted by Gasteiger charge is 2.60. The number of alkyl halides is 6. The molecule has 0 aromatic rings. The predicted octanol–water partition coefficient (Wildman–Crippen LogP) is 4.73. The smallest absolute Gasteiger partial charge is 0.434 e. The molecule has 0 bridgehead atoms. The SMILES string of the molecule is CCC(C)C(C(=O)OC(C(F)(F)F)C(F)(F)F)C(C)(C)C. The zero-order valence-electron chi connectivity index (χ0n) is 12.5. The van der Waals surface area contributed by atoms with Gasteiger partial charge in [0.25, 0.3) is 6.10 Å². The monoisotopic (exact) mass is 322 g/mol. The number of ether oxygens (including phenoxy) is 1. The largest absolute Gasteiger partial charge is 0.443 e. The fraction of sp³-hybridized carbons (Fsp3) is 0.923. The molecule has 2 atom stereocenters. The Morgan fingerprint density at radius 3 is 1.62 bits per heavy atom. The van der Waals surface area contributed by atoms with Crippen LogP contribution >= 0.6 is 0 Å². The minimum atomic E-state index is -5.69. The summed E-state index contributed by atoms with van der Waals surface area (Å²) < 4.78 is 78.3. The number of rotatable bonds is 4. The van der Waals surface area contributed by atoms with Gasteiger partial charge in [-0.05, 0) is 11.3 Å². The fourth-order valence-corrected chi connectivity index (χ4v) is 2.18. The molecular weight excluding hydrogens is 302 g/mol.